The molecule has 8 heteroatoms. The summed E-state index contributed by atoms with van der Waals surface area (Å²) < 4.78 is 17.5. The number of carbonyl (C=O) groups is 1. The molecule has 0 aliphatic carbocycles. The van der Waals surface area contributed by atoms with E-state index in [9.17, 15) is 19.8 Å². The minimum Gasteiger partial charge on any atom is -0.506 e. The third-order valence-electron chi connectivity index (χ3n) is 5.85. The van der Waals surface area contributed by atoms with Gasteiger partial charge in [0.15, 0.2) is 11.2 Å². The highest BCUT2D eigenvalue weighted by Gasteiger charge is 2.39. The monoisotopic (exact) mass is 465 g/mol. The van der Waals surface area contributed by atoms with Gasteiger partial charge in [-0.2, -0.15) is 0 Å². The zero-order chi connectivity index (χ0) is 24.1. The summed E-state index contributed by atoms with van der Waals surface area (Å²) in [6.07, 6.45) is 3.17. The van der Waals surface area contributed by atoms with Crippen molar-refractivity contribution in [2.75, 3.05) is 18.5 Å². The van der Waals surface area contributed by atoms with Gasteiger partial charge in [-0.1, -0.05) is 24.3 Å². The Balaban J connectivity index is 1.77. The number of nitrogens with one attached hydrogen (secondary N) is 1. The lowest BCUT2D eigenvalue weighted by atomic mass is 9.81. The molecule has 1 amide bonds. The van der Waals surface area contributed by atoms with Crippen LogP contribution >= 0.6 is 0 Å². The highest BCUT2D eigenvalue weighted by Crippen LogP contribution is 2.39. The van der Waals surface area contributed by atoms with Gasteiger partial charge in [0.1, 0.15) is 11.3 Å². The maximum atomic E-state index is 13.4. The van der Waals surface area contributed by atoms with Gasteiger partial charge in [-0.3, -0.25) is 9.59 Å². The lowest BCUT2D eigenvalue weighted by Crippen LogP contribution is -2.38. The summed E-state index contributed by atoms with van der Waals surface area (Å²) in [5.74, 6) is -1.58. The summed E-state index contributed by atoms with van der Waals surface area (Å²) in [4.78, 5) is 26.4. The van der Waals surface area contributed by atoms with Crippen LogP contribution in [-0.2, 0) is 14.3 Å². The molecule has 2 heterocycles. The Bertz CT molecular complexity index is 1250. The van der Waals surface area contributed by atoms with E-state index < -0.39 is 18.1 Å². The fourth-order valence-corrected chi connectivity index (χ4v) is 4.21. The Morgan fingerprint density at radius 1 is 1.15 bits per heavy atom. The van der Waals surface area contributed by atoms with Crippen LogP contribution in [0, 0.1) is 5.92 Å². The van der Waals surface area contributed by atoms with E-state index in [1.165, 1.54) is 12.3 Å². The molecular weight excluding hydrogens is 438 g/mol. The Morgan fingerprint density at radius 2 is 1.91 bits per heavy atom. The number of aromatic hydroxyl groups is 1. The van der Waals surface area contributed by atoms with Crippen LogP contribution in [0.25, 0.3) is 11.0 Å². The number of anilines is 1. The third-order valence-corrected chi connectivity index (χ3v) is 5.85. The van der Waals surface area contributed by atoms with Crippen LogP contribution in [0.15, 0.2) is 75.8 Å². The van der Waals surface area contributed by atoms with Crippen molar-refractivity contribution in [1.29, 1.82) is 0 Å². The second-order valence-electron chi connectivity index (χ2n) is 8.02. The summed E-state index contributed by atoms with van der Waals surface area (Å²) in [6, 6.07) is 13.3. The number of hydrogen-bond acceptors (Lipinski definition) is 7. The molecule has 1 aliphatic rings. The van der Waals surface area contributed by atoms with Crippen molar-refractivity contribution in [3.8, 4) is 5.75 Å². The molecule has 3 aromatic rings. The van der Waals surface area contributed by atoms with Crippen LogP contribution in [0.1, 0.15) is 31.2 Å². The molecule has 4 rings (SSSR count). The molecule has 3 N–H and O–H groups in total. The maximum absolute atomic E-state index is 13.4. The molecule has 0 saturated carbocycles. The molecule has 0 spiro atoms. The number of phenolic OH excluding ortho intramolecular Hbond substituents is 1. The standard InChI is InChI=1S/C26H27NO7/c1-2-32-26-16(9-7-13-28)18(19-15-33-22-12-6-3-8-17(22)24(19)30)14-23(34-26)25(31)27-20-10-4-5-11-21(20)29/h3-6,8,10-12,14-16,18,26,28-29H,2,7,9,13H2,1H3,(H,27,31). The zero-order valence-electron chi connectivity index (χ0n) is 18.8. The second kappa shape index (κ2) is 10.5. The van der Waals surface area contributed by atoms with Gasteiger partial charge in [0, 0.05) is 30.6 Å². The molecule has 1 aromatic heterocycles. The van der Waals surface area contributed by atoms with Gasteiger partial charge in [-0.15, -0.1) is 0 Å². The van der Waals surface area contributed by atoms with E-state index in [0.717, 1.165) is 0 Å². The largest absolute Gasteiger partial charge is 0.506 e. The molecule has 178 valence electrons. The number of aliphatic hydroxyl groups is 1. The molecule has 0 radical (unpaired) electrons. The van der Waals surface area contributed by atoms with Crippen LogP contribution in [0.3, 0.4) is 0 Å². The lowest BCUT2D eigenvalue weighted by molar-refractivity contribution is -0.165. The smallest absolute Gasteiger partial charge is 0.290 e. The van der Waals surface area contributed by atoms with Crippen molar-refractivity contribution in [2.24, 2.45) is 5.92 Å². The molecule has 8 nitrogen and oxygen atoms in total. The van der Waals surface area contributed by atoms with Crippen LogP contribution in [0.5, 0.6) is 5.75 Å². The van der Waals surface area contributed by atoms with Crippen molar-refractivity contribution in [1.82, 2.24) is 0 Å². The van der Waals surface area contributed by atoms with Gasteiger partial charge in [0.05, 0.1) is 17.3 Å². The first kappa shape index (κ1) is 23.5. The van der Waals surface area contributed by atoms with Crippen LogP contribution in [0.4, 0.5) is 5.69 Å². The molecule has 0 saturated heterocycles. The summed E-state index contributed by atoms with van der Waals surface area (Å²) in [5, 5.41) is 22.5. The second-order valence-corrected chi connectivity index (χ2v) is 8.02. The first-order valence-electron chi connectivity index (χ1n) is 11.2. The Hall–Kier alpha value is -3.62. The van der Waals surface area contributed by atoms with Crippen molar-refractivity contribution in [2.45, 2.75) is 32.0 Å². The van der Waals surface area contributed by atoms with E-state index in [4.69, 9.17) is 13.9 Å². The van der Waals surface area contributed by atoms with Gasteiger partial charge in [-0.25, -0.2) is 0 Å². The number of ether oxygens (including phenoxy) is 2. The minimum atomic E-state index is -0.817. The van der Waals surface area contributed by atoms with Gasteiger partial charge in [-0.05, 0) is 50.1 Å². The Morgan fingerprint density at radius 3 is 2.68 bits per heavy atom. The summed E-state index contributed by atoms with van der Waals surface area (Å²) in [6.45, 7) is 2.11. The van der Waals surface area contributed by atoms with Crippen molar-refractivity contribution in [3.05, 3.63) is 82.4 Å². The number of rotatable bonds is 8. The predicted molar refractivity (Wildman–Crippen MR) is 126 cm³/mol. The molecular formula is C26H27NO7. The number of aliphatic hydroxyl groups excluding tert-OH is 1. The van der Waals surface area contributed by atoms with E-state index in [0.29, 0.717) is 36.0 Å². The summed E-state index contributed by atoms with van der Waals surface area (Å²) in [7, 11) is 0. The number of allylic oxidation sites excluding steroid dienone is 1. The lowest BCUT2D eigenvalue weighted by Gasteiger charge is -2.36. The summed E-state index contributed by atoms with van der Waals surface area (Å²) in [5.41, 5.74) is 0.879. The number of fused-ring (bicyclic) bond motifs is 1. The third kappa shape index (κ3) is 4.83. The first-order chi connectivity index (χ1) is 16.5. The van der Waals surface area contributed by atoms with Gasteiger partial charge in [0.25, 0.3) is 5.91 Å². The molecule has 3 unspecified atom stereocenters. The quantitative estimate of drug-likeness (QED) is 0.432. The Kier molecular flexibility index (Phi) is 7.30. The van der Waals surface area contributed by atoms with Gasteiger partial charge < -0.3 is 29.4 Å². The number of amides is 1. The van der Waals surface area contributed by atoms with Gasteiger partial charge in [0.2, 0.25) is 6.29 Å². The van der Waals surface area contributed by atoms with Crippen LogP contribution in [0.2, 0.25) is 0 Å². The van der Waals surface area contributed by atoms with E-state index in [1.54, 1.807) is 48.5 Å². The average Bonchev–Trinajstić information content (AvgIpc) is 2.85. The van der Waals surface area contributed by atoms with E-state index >= 15 is 0 Å². The van der Waals surface area contributed by atoms with Gasteiger partial charge >= 0.3 is 0 Å². The van der Waals surface area contributed by atoms with Crippen molar-refractivity contribution < 1.29 is 28.9 Å². The molecule has 0 bridgehead atoms. The molecule has 0 fully saturated rings. The van der Waals surface area contributed by atoms with E-state index in [-0.39, 0.29) is 35.1 Å². The SMILES string of the molecule is CCOC1OC(C(=O)Nc2ccccc2O)=CC(c2coc3ccccc3c2=O)C1CCCO. The molecule has 1 aliphatic heterocycles. The zero-order valence-corrected chi connectivity index (χ0v) is 18.8. The van der Waals surface area contributed by atoms with Crippen molar-refractivity contribution >= 4 is 22.6 Å². The maximum Gasteiger partial charge on any atom is 0.290 e. The topological polar surface area (TPSA) is 118 Å². The van der Waals surface area contributed by atoms with Crippen LogP contribution in [-0.4, -0.2) is 35.6 Å². The van der Waals surface area contributed by atoms with Crippen LogP contribution < -0.4 is 10.7 Å². The van der Waals surface area contributed by atoms with E-state index in [1.807, 2.05) is 6.92 Å². The number of carbonyl (C=O) groups excluding carboxylic acids is 1. The molecule has 3 atom stereocenters. The number of benzene rings is 2. The average molecular weight is 466 g/mol. The predicted octanol–water partition coefficient (Wildman–Crippen LogP) is 3.89. The molecule has 2 aromatic carbocycles. The molecule has 34 heavy (non-hydrogen) atoms. The first-order valence-corrected chi connectivity index (χ1v) is 11.2. The Labute approximate surface area is 196 Å². The fourth-order valence-electron chi connectivity index (χ4n) is 4.21. The summed E-state index contributed by atoms with van der Waals surface area (Å²) >= 11 is 0. The number of para-hydroxylation sites is 3. The normalized spacial score (nSPS) is 19.9. The minimum absolute atomic E-state index is 0.0282. The number of hydrogen-bond donors (Lipinski definition) is 3. The highest BCUT2D eigenvalue weighted by molar-refractivity contribution is 6.03. The van der Waals surface area contributed by atoms with Crippen molar-refractivity contribution in [3.63, 3.8) is 0 Å². The highest BCUT2D eigenvalue weighted by atomic mass is 16.7. The fraction of sp³-hybridized carbons (Fsp3) is 0.308. The number of phenols is 1. The van der Waals surface area contributed by atoms with E-state index in [2.05, 4.69) is 5.32 Å².